The summed E-state index contributed by atoms with van der Waals surface area (Å²) in [5, 5.41) is 11.0. The number of benzene rings is 1. The van der Waals surface area contributed by atoms with Crippen molar-refractivity contribution in [1.29, 1.82) is 0 Å². The van der Waals surface area contributed by atoms with Gasteiger partial charge in [0.25, 0.3) is 0 Å². The molecule has 0 aliphatic heterocycles. The van der Waals surface area contributed by atoms with Gasteiger partial charge in [-0.1, -0.05) is 24.6 Å². The Morgan fingerprint density at radius 2 is 1.94 bits per heavy atom. The molecule has 0 aliphatic rings. The Bertz CT molecular complexity index is 533. The lowest BCUT2D eigenvalue weighted by Crippen LogP contribution is -2.02. The van der Waals surface area contributed by atoms with E-state index in [-0.39, 0.29) is 0 Å². The fourth-order valence-corrected chi connectivity index (χ4v) is 3.17. The summed E-state index contributed by atoms with van der Waals surface area (Å²) in [4.78, 5) is 2.58. The smallest absolute Gasteiger partial charge is 0.0841 e. The molecule has 1 heterocycles. The predicted octanol–water partition coefficient (Wildman–Crippen LogP) is 4.55. The van der Waals surface area contributed by atoms with E-state index in [4.69, 9.17) is 11.6 Å². The van der Waals surface area contributed by atoms with Crippen LogP contribution >= 0.6 is 22.9 Å². The molecule has 1 N–H and O–H groups in total. The van der Waals surface area contributed by atoms with Crippen LogP contribution in [0.1, 0.15) is 33.9 Å². The van der Waals surface area contributed by atoms with Gasteiger partial charge in [-0.25, -0.2) is 0 Å². The molecule has 1 aromatic carbocycles. The van der Waals surface area contributed by atoms with Gasteiger partial charge in [0.2, 0.25) is 0 Å². The molecular weight excluding hydrogens is 264 g/mol. The van der Waals surface area contributed by atoms with E-state index in [2.05, 4.69) is 19.1 Å². The van der Waals surface area contributed by atoms with Gasteiger partial charge in [-0.05, 0) is 48.7 Å². The molecule has 0 aliphatic carbocycles. The highest BCUT2D eigenvalue weighted by atomic mass is 35.5. The van der Waals surface area contributed by atoms with Gasteiger partial charge in [0.15, 0.2) is 0 Å². The zero-order valence-corrected chi connectivity index (χ0v) is 12.2. The van der Waals surface area contributed by atoms with Gasteiger partial charge in [0, 0.05) is 21.2 Å². The first-order valence-corrected chi connectivity index (χ1v) is 7.31. The monoisotopic (exact) mass is 280 g/mol. The molecule has 0 radical (unpaired) electrons. The van der Waals surface area contributed by atoms with Gasteiger partial charge in [-0.2, -0.15) is 0 Å². The third-order valence-corrected chi connectivity index (χ3v) is 4.55. The van der Waals surface area contributed by atoms with Crippen molar-refractivity contribution in [1.82, 2.24) is 0 Å². The molecule has 0 bridgehead atoms. The number of hydrogen-bond acceptors (Lipinski definition) is 2. The van der Waals surface area contributed by atoms with Crippen molar-refractivity contribution in [2.24, 2.45) is 0 Å². The van der Waals surface area contributed by atoms with E-state index < -0.39 is 6.10 Å². The van der Waals surface area contributed by atoms with Crippen molar-refractivity contribution in [3.8, 4) is 0 Å². The topological polar surface area (TPSA) is 20.2 Å². The van der Waals surface area contributed by atoms with E-state index in [9.17, 15) is 5.11 Å². The maximum Gasteiger partial charge on any atom is 0.0841 e. The third-order valence-electron chi connectivity index (χ3n) is 3.06. The molecule has 1 atom stereocenters. The summed E-state index contributed by atoms with van der Waals surface area (Å²) in [7, 11) is 0. The summed E-state index contributed by atoms with van der Waals surface area (Å²) < 4.78 is 0. The van der Waals surface area contributed by atoms with Gasteiger partial charge in [-0.3, -0.25) is 0 Å². The van der Waals surface area contributed by atoms with Crippen molar-refractivity contribution in [3.05, 3.63) is 56.2 Å². The lowest BCUT2D eigenvalue weighted by molar-refractivity contribution is 0.178. The quantitative estimate of drug-likeness (QED) is 0.871. The van der Waals surface area contributed by atoms with Crippen LogP contribution in [-0.2, 0) is 12.8 Å². The minimum Gasteiger partial charge on any atom is -0.388 e. The highest BCUT2D eigenvalue weighted by molar-refractivity contribution is 7.11. The Hall–Kier alpha value is -0.830. The van der Waals surface area contributed by atoms with E-state index >= 15 is 0 Å². The fraction of sp³-hybridized carbons (Fsp3) is 0.333. The van der Waals surface area contributed by atoms with Gasteiger partial charge in [0.1, 0.15) is 0 Å². The maximum absolute atomic E-state index is 10.3. The highest BCUT2D eigenvalue weighted by Crippen LogP contribution is 2.27. The molecule has 1 aromatic heterocycles. The van der Waals surface area contributed by atoms with Crippen molar-refractivity contribution in [2.75, 3.05) is 0 Å². The Kier molecular flexibility index (Phi) is 4.44. The number of rotatable bonds is 4. The molecular formula is C15H17ClOS. The van der Waals surface area contributed by atoms with E-state index in [1.165, 1.54) is 9.75 Å². The number of aliphatic hydroxyl groups is 1. The average Bonchev–Trinajstić information content (AvgIpc) is 2.80. The van der Waals surface area contributed by atoms with Gasteiger partial charge >= 0.3 is 0 Å². The van der Waals surface area contributed by atoms with E-state index in [1.54, 1.807) is 11.3 Å². The first kappa shape index (κ1) is 13.6. The summed E-state index contributed by atoms with van der Waals surface area (Å²) in [6.45, 7) is 4.15. The molecule has 0 amide bonds. The minimum absolute atomic E-state index is 0.480. The van der Waals surface area contributed by atoms with Crippen molar-refractivity contribution in [3.63, 3.8) is 0 Å². The molecule has 3 heteroatoms. The van der Waals surface area contributed by atoms with E-state index in [0.717, 1.165) is 17.5 Å². The Balaban J connectivity index is 2.16. The number of hydrogen-bond donors (Lipinski definition) is 1. The summed E-state index contributed by atoms with van der Waals surface area (Å²) in [5.41, 5.74) is 2.01. The average molecular weight is 281 g/mol. The lowest BCUT2D eigenvalue weighted by Gasteiger charge is -2.13. The van der Waals surface area contributed by atoms with Crippen LogP contribution in [0, 0.1) is 6.92 Å². The zero-order valence-electron chi connectivity index (χ0n) is 10.6. The summed E-state index contributed by atoms with van der Waals surface area (Å²) >= 11 is 7.75. The Morgan fingerprint density at radius 1 is 1.22 bits per heavy atom. The largest absolute Gasteiger partial charge is 0.388 e. The molecule has 2 rings (SSSR count). The molecule has 18 heavy (non-hydrogen) atoms. The van der Waals surface area contributed by atoms with Crippen molar-refractivity contribution in [2.45, 2.75) is 32.8 Å². The molecule has 0 saturated carbocycles. The second-order valence-electron chi connectivity index (χ2n) is 4.44. The Labute approximate surface area is 117 Å². The van der Waals surface area contributed by atoms with Crippen molar-refractivity contribution >= 4 is 22.9 Å². The van der Waals surface area contributed by atoms with Crippen LogP contribution in [0.25, 0.3) is 0 Å². The maximum atomic E-state index is 10.3. The van der Waals surface area contributed by atoms with Gasteiger partial charge in [-0.15, -0.1) is 11.3 Å². The zero-order chi connectivity index (χ0) is 13.1. The first-order chi connectivity index (χ1) is 8.60. The van der Waals surface area contributed by atoms with Crippen LogP contribution in [0.4, 0.5) is 0 Å². The Morgan fingerprint density at radius 3 is 2.61 bits per heavy atom. The molecule has 2 aromatic rings. The summed E-state index contributed by atoms with van der Waals surface area (Å²) in [6.07, 6.45) is 1.23. The number of aryl methyl sites for hydroxylation is 2. The number of thiophene rings is 1. The lowest BCUT2D eigenvalue weighted by atomic mass is 10.0. The standard InChI is InChI=1S/C15H17ClOS/c1-3-12-6-7-13(18-12)9-15(17)14-8-11(16)5-4-10(14)2/h4-8,15,17H,3,9H2,1-2H3. The predicted molar refractivity (Wildman–Crippen MR) is 78.5 cm³/mol. The van der Waals surface area contributed by atoms with Crippen LogP contribution < -0.4 is 0 Å². The van der Waals surface area contributed by atoms with Crippen LogP contribution in [0.15, 0.2) is 30.3 Å². The number of aliphatic hydroxyl groups excluding tert-OH is 1. The fourth-order valence-electron chi connectivity index (χ4n) is 1.99. The summed E-state index contributed by atoms with van der Waals surface area (Å²) in [5.74, 6) is 0. The summed E-state index contributed by atoms with van der Waals surface area (Å²) in [6, 6.07) is 9.90. The highest BCUT2D eigenvalue weighted by Gasteiger charge is 2.13. The molecule has 1 unspecified atom stereocenters. The van der Waals surface area contributed by atoms with Gasteiger partial charge in [0.05, 0.1) is 6.10 Å². The van der Waals surface area contributed by atoms with E-state index in [0.29, 0.717) is 11.4 Å². The van der Waals surface area contributed by atoms with Gasteiger partial charge < -0.3 is 5.11 Å². The first-order valence-electron chi connectivity index (χ1n) is 6.12. The van der Waals surface area contributed by atoms with Crippen LogP contribution in [0.2, 0.25) is 5.02 Å². The molecule has 96 valence electrons. The van der Waals surface area contributed by atoms with Crippen LogP contribution in [-0.4, -0.2) is 5.11 Å². The van der Waals surface area contributed by atoms with E-state index in [1.807, 2.05) is 25.1 Å². The molecule has 0 fully saturated rings. The van der Waals surface area contributed by atoms with Crippen LogP contribution in [0.3, 0.4) is 0 Å². The van der Waals surface area contributed by atoms with Crippen molar-refractivity contribution < 1.29 is 5.11 Å². The van der Waals surface area contributed by atoms with Crippen LogP contribution in [0.5, 0.6) is 0 Å². The number of halogens is 1. The molecule has 1 nitrogen and oxygen atoms in total. The second kappa shape index (κ2) is 5.87. The third kappa shape index (κ3) is 3.14. The normalized spacial score (nSPS) is 12.7. The second-order valence-corrected chi connectivity index (χ2v) is 6.13. The molecule has 0 spiro atoms. The molecule has 0 saturated heterocycles. The SMILES string of the molecule is CCc1ccc(CC(O)c2cc(Cl)ccc2C)s1. The minimum atomic E-state index is -0.480.